The van der Waals surface area contributed by atoms with Crippen molar-refractivity contribution >= 4 is 15.9 Å². The van der Waals surface area contributed by atoms with E-state index in [-0.39, 0.29) is 23.3 Å². The molecular formula is C22H28N2O3S. The summed E-state index contributed by atoms with van der Waals surface area (Å²) in [6.45, 7) is 4.68. The molecule has 1 amide bonds. The van der Waals surface area contributed by atoms with Gasteiger partial charge in [0.05, 0.1) is 10.8 Å². The number of amides is 1. The van der Waals surface area contributed by atoms with E-state index in [1.807, 2.05) is 44.2 Å². The summed E-state index contributed by atoms with van der Waals surface area (Å²) in [6, 6.07) is 18.5. The van der Waals surface area contributed by atoms with Gasteiger partial charge in [-0.3, -0.25) is 4.79 Å². The third kappa shape index (κ3) is 5.00. The molecule has 1 aliphatic heterocycles. The van der Waals surface area contributed by atoms with Gasteiger partial charge in [0, 0.05) is 18.6 Å². The fraction of sp³-hybridized carbons (Fsp3) is 0.409. The Morgan fingerprint density at radius 1 is 1.07 bits per heavy atom. The average molecular weight is 401 g/mol. The predicted molar refractivity (Wildman–Crippen MR) is 110 cm³/mol. The van der Waals surface area contributed by atoms with Crippen molar-refractivity contribution in [3.63, 3.8) is 0 Å². The van der Waals surface area contributed by atoms with E-state index in [1.54, 1.807) is 30.3 Å². The van der Waals surface area contributed by atoms with Crippen LogP contribution in [0.1, 0.15) is 32.3 Å². The quantitative estimate of drug-likeness (QED) is 0.810. The van der Waals surface area contributed by atoms with Gasteiger partial charge in [-0.05, 0) is 50.8 Å². The standard InChI is InChI=1S/C22H28N2O3S/c1-22(2,16-18-10-5-3-6-11-18)23-21(25)19-12-9-15-24(17-19)28(26,27)20-13-7-4-8-14-20/h3-8,10-11,13-14,19H,9,12,15-17H2,1-2H3,(H,23,25)/t19-/m0/s1. The summed E-state index contributed by atoms with van der Waals surface area (Å²) in [5, 5.41) is 3.13. The number of carbonyl (C=O) groups is 1. The van der Waals surface area contributed by atoms with E-state index in [9.17, 15) is 13.2 Å². The molecule has 1 atom stereocenters. The fourth-order valence-electron chi connectivity index (χ4n) is 3.70. The zero-order chi connectivity index (χ0) is 20.2. The van der Waals surface area contributed by atoms with E-state index < -0.39 is 15.6 Å². The lowest BCUT2D eigenvalue weighted by Crippen LogP contribution is -2.51. The van der Waals surface area contributed by atoms with Crippen LogP contribution in [-0.2, 0) is 21.2 Å². The van der Waals surface area contributed by atoms with Crippen LogP contribution in [0.4, 0.5) is 0 Å². The molecule has 2 aromatic carbocycles. The molecule has 0 radical (unpaired) electrons. The number of nitrogens with zero attached hydrogens (tertiary/aromatic N) is 1. The van der Waals surface area contributed by atoms with Crippen LogP contribution in [0, 0.1) is 5.92 Å². The first kappa shape index (κ1) is 20.6. The molecule has 28 heavy (non-hydrogen) atoms. The van der Waals surface area contributed by atoms with Gasteiger partial charge in [-0.2, -0.15) is 4.31 Å². The molecule has 1 fully saturated rings. The van der Waals surface area contributed by atoms with E-state index in [4.69, 9.17) is 0 Å². The highest BCUT2D eigenvalue weighted by atomic mass is 32.2. The Balaban J connectivity index is 1.66. The zero-order valence-electron chi connectivity index (χ0n) is 16.5. The number of carbonyl (C=O) groups excluding carboxylic acids is 1. The van der Waals surface area contributed by atoms with E-state index in [2.05, 4.69) is 5.32 Å². The molecule has 5 nitrogen and oxygen atoms in total. The lowest BCUT2D eigenvalue weighted by Gasteiger charge is -2.34. The molecule has 150 valence electrons. The SMILES string of the molecule is CC(C)(Cc1ccccc1)NC(=O)[C@H]1CCCN(S(=O)(=O)c2ccccc2)C1. The number of nitrogens with one attached hydrogen (secondary N) is 1. The van der Waals surface area contributed by atoms with Crippen LogP contribution < -0.4 is 5.32 Å². The lowest BCUT2D eigenvalue weighted by molar-refractivity contribution is -0.127. The van der Waals surface area contributed by atoms with Crippen LogP contribution in [0.5, 0.6) is 0 Å². The minimum atomic E-state index is -3.57. The zero-order valence-corrected chi connectivity index (χ0v) is 17.3. The smallest absolute Gasteiger partial charge is 0.243 e. The van der Waals surface area contributed by atoms with Crippen molar-refractivity contribution in [1.82, 2.24) is 9.62 Å². The Morgan fingerprint density at radius 3 is 2.32 bits per heavy atom. The van der Waals surface area contributed by atoms with Gasteiger partial charge in [-0.1, -0.05) is 48.5 Å². The Labute approximate surface area is 167 Å². The summed E-state index contributed by atoms with van der Waals surface area (Å²) < 4.78 is 27.2. The molecule has 2 aromatic rings. The van der Waals surface area contributed by atoms with E-state index in [0.717, 1.165) is 12.0 Å². The maximum Gasteiger partial charge on any atom is 0.243 e. The maximum absolute atomic E-state index is 12.9. The van der Waals surface area contributed by atoms with Gasteiger partial charge >= 0.3 is 0 Å². The molecule has 0 saturated carbocycles. The first-order chi connectivity index (χ1) is 13.3. The van der Waals surface area contributed by atoms with Gasteiger partial charge in [0.15, 0.2) is 0 Å². The first-order valence-corrected chi connectivity index (χ1v) is 11.1. The van der Waals surface area contributed by atoms with Gasteiger partial charge < -0.3 is 5.32 Å². The molecule has 1 N–H and O–H groups in total. The largest absolute Gasteiger partial charge is 0.351 e. The number of hydrogen-bond acceptors (Lipinski definition) is 3. The number of sulfonamides is 1. The Bertz CT molecular complexity index is 896. The van der Waals surface area contributed by atoms with Gasteiger partial charge in [-0.15, -0.1) is 0 Å². The topological polar surface area (TPSA) is 66.5 Å². The Morgan fingerprint density at radius 2 is 1.68 bits per heavy atom. The summed E-state index contributed by atoms with van der Waals surface area (Å²) in [7, 11) is -3.57. The molecule has 3 rings (SSSR count). The number of piperidine rings is 1. The van der Waals surface area contributed by atoms with Crippen LogP contribution in [0.15, 0.2) is 65.6 Å². The lowest BCUT2D eigenvalue weighted by atomic mass is 9.92. The molecule has 6 heteroatoms. The summed E-state index contributed by atoms with van der Waals surface area (Å²) in [5.74, 6) is -0.406. The van der Waals surface area contributed by atoms with E-state index in [0.29, 0.717) is 19.4 Å². The van der Waals surface area contributed by atoms with Crippen molar-refractivity contribution in [2.45, 2.75) is 43.5 Å². The summed E-state index contributed by atoms with van der Waals surface area (Å²) in [6.07, 6.45) is 2.11. The highest BCUT2D eigenvalue weighted by Gasteiger charge is 2.34. The predicted octanol–water partition coefficient (Wildman–Crippen LogP) is 3.22. The second kappa shape index (κ2) is 8.45. The van der Waals surface area contributed by atoms with Crippen molar-refractivity contribution in [3.05, 3.63) is 66.2 Å². The van der Waals surface area contributed by atoms with Crippen LogP contribution in [-0.4, -0.2) is 37.3 Å². The van der Waals surface area contributed by atoms with Crippen LogP contribution in [0.25, 0.3) is 0 Å². The highest BCUT2D eigenvalue weighted by Crippen LogP contribution is 2.24. The average Bonchev–Trinajstić information content (AvgIpc) is 2.69. The molecule has 0 aliphatic carbocycles. The Hall–Kier alpha value is -2.18. The molecular weight excluding hydrogens is 372 g/mol. The van der Waals surface area contributed by atoms with Gasteiger partial charge in [0.2, 0.25) is 15.9 Å². The minimum absolute atomic E-state index is 0.0751. The number of benzene rings is 2. The van der Waals surface area contributed by atoms with Gasteiger partial charge in [0.25, 0.3) is 0 Å². The highest BCUT2D eigenvalue weighted by molar-refractivity contribution is 7.89. The second-order valence-corrected chi connectivity index (χ2v) is 9.99. The van der Waals surface area contributed by atoms with Crippen LogP contribution in [0.2, 0.25) is 0 Å². The normalized spacial score (nSPS) is 18.6. The summed E-state index contributed by atoms with van der Waals surface area (Å²) in [4.78, 5) is 13.2. The van der Waals surface area contributed by atoms with E-state index in [1.165, 1.54) is 4.31 Å². The number of hydrogen-bond donors (Lipinski definition) is 1. The van der Waals surface area contributed by atoms with Crippen molar-refractivity contribution in [2.75, 3.05) is 13.1 Å². The summed E-state index contributed by atoms with van der Waals surface area (Å²) in [5.41, 5.74) is 0.753. The van der Waals surface area contributed by atoms with Crippen molar-refractivity contribution in [1.29, 1.82) is 0 Å². The van der Waals surface area contributed by atoms with Gasteiger partial charge in [0.1, 0.15) is 0 Å². The van der Waals surface area contributed by atoms with Crippen molar-refractivity contribution < 1.29 is 13.2 Å². The van der Waals surface area contributed by atoms with Crippen molar-refractivity contribution in [3.8, 4) is 0 Å². The molecule has 1 heterocycles. The monoisotopic (exact) mass is 400 g/mol. The molecule has 1 aliphatic rings. The summed E-state index contributed by atoms with van der Waals surface area (Å²) >= 11 is 0. The second-order valence-electron chi connectivity index (χ2n) is 8.05. The van der Waals surface area contributed by atoms with Crippen molar-refractivity contribution in [2.24, 2.45) is 5.92 Å². The minimum Gasteiger partial charge on any atom is -0.351 e. The third-order valence-electron chi connectivity index (χ3n) is 5.09. The molecule has 0 unspecified atom stereocenters. The van der Waals surface area contributed by atoms with E-state index >= 15 is 0 Å². The van der Waals surface area contributed by atoms with Crippen LogP contribution in [0.3, 0.4) is 0 Å². The molecule has 0 bridgehead atoms. The first-order valence-electron chi connectivity index (χ1n) is 9.69. The van der Waals surface area contributed by atoms with Crippen LogP contribution >= 0.6 is 0 Å². The fourth-order valence-corrected chi connectivity index (χ4v) is 5.25. The molecule has 1 saturated heterocycles. The molecule has 0 aromatic heterocycles. The third-order valence-corrected chi connectivity index (χ3v) is 6.97. The molecule has 0 spiro atoms. The number of rotatable bonds is 6. The Kier molecular flexibility index (Phi) is 6.20. The maximum atomic E-state index is 12.9. The van der Waals surface area contributed by atoms with Gasteiger partial charge in [-0.25, -0.2) is 8.42 Å².